The predicted molar refractivity (Wildman–Crippen MR) is 114 cm³/mol. The Morgan fingerprint density at radius 1 is 0.800 bits per heavy atom. The van der Waals surface area contributed by atoms with Gasteiger partial charge in [0.2, 0.25) is 0 Å². The number of fused-ring (bicyclic) bond motifs is 1. The molecule has 1 aliphatic heterocycles. The molecule has 0 atom stereocenters. The summed E-state index contributed by atoms with van der Waals surface area (Å²) in [6, 6.07) is 28.1. The molecule has 3 aromatic carbocycles. The lowest BCUT2D eigenvalue weighted by Crippen LogP contribution is -2.45. The van der Waals surface area contributed by atoms with Crippen molar-refractivity contribution in [3.63, 3.8) is 0 Å². The highest BCUT2D eigenvalue weighted by molar-refractivity contribution is 6.09. The van der Waals surface area contributed by atoms with Crippen LogP contribution in [0, 0.1) is 0 Å². The van der Waals surface area contributed by atoms with Gasteiger partial charge in [-0.2, -0.15) is 0 Å². The maximum atomic E-state index is 13.7. The Labute approximate surface area is 174 Å². The average molecular weight is 393 g/mol. The molecule has 0 saturated carbocycles. The van der Waals surface area contributed by atoms with Gasteiger partial charge in [0.1, 0.15) is 0 Å². The minimum absolute atomic E-state index is 0.157. The molecule has 1 N–H and O–H groups in total. The number of carbonyl (C=O) groups excluding carboxylic acids is 2. The van der Waals surface area contributed by atoms with Crippen LogP contribution in [0.5, 0.6) is 0 Å². The molecule has 5 heteroatoms. The third kappa shape index (κ3) is 2.83. The number of hydrogen-bond acceptors (Lipinski definition) is 3. The highest BCUT2D eigenvalue weighted by Gasteiger charge is 2.53. The van der Waals surface area contributed by atoms with Crippen molar-refractivity contribution < 1.29 is 9.59 Å². The van der Waals surface area contributed by atoms with Crippen LogP contribution < -0.4 is 5.32 Å². The van der Waals surface area contributed by atoms with Crippen LogP contribution >= 0.6 is 0 Å². The number of urea groups is 1. The third-order valence-electron chi connectivity index (χ3n) is 5.51. The molecule has 30 heavy (non-hydrogen) atoms. The van der Waals surface area contributed by atoms with E-state index in [0.29, 0.717) is 0 Å². The Bertz CT molecular complexity index is 1200. The number of pyridine rings is 1. The number of imide groups is 1. The molecule has 2 heterocycles. The molecule has 4 aromatic rings. The molecule has 0 aliphatic carbocycles. The molecule has 0 bridgehead atoms. The molecular weight excluding hydrogens is 374 g/mol. The van der Waals surface area contributed by atoms with Gasteiger partial charge in [-0.15, -0.1) is 0 Å². The second-order valence-corrected chi connectivity index (χ2v) is 7.34. The molecular formula is C25H19N3O2. The van der Waals surface area contributed by atoms with Crippen LogP contribution in [0.2, 0.25) is 0 Å². The van der Waals surface area contributed by atoms with E-state index < -0.39 is 11.6 Å². The van der Waals surface area contributed by atoms with E-state index in [2.05, 4.69) is 10.3 Å². The highest BCUT2D eigenvalue weighted by Crippen LogP contribution is 2.36. The molecule has 5 rings (SSSR count). The first-order valence-electron chi connectivity index (χ1n) is 9.77. The molecule has 146 valence electrons. The van der Waals surface area contributed by atoms with Gasteiger partial charge in [-0.3, -0.25) is 14.7 Å². The van der Waals surface area contributed by atoms with E-state index in [0.717, 1.165) is 27.6 Å². The summed E-state index contributed by atoms with van der Waals surface area (Å²) in [5.41, 5.74) is 1.89. The van der Waals surface area contributed by atoms with Crippen molar-refractivity contribution in [1.29, 1.82) is 0 Å². The smallest absolute Gasteiger partial charge is 0.315 e. The second kappa shape index (κ2) is 7.12. The summed E-state index contributed by atoms with van der Waals surface area (Å²) in [5, 5.41) is 3.95. The first-order chi connectivity index (χ1) is 14.7. The number of rotatable bonds is 4. The van der Waals surface area contributed by atoms with Gasteiger partial charge in [0, 0.05) is 11.6 Å². The minimum atomic E-state index is -1.25. The number of nitrogens with zero attached hydrogens (tertiary/aromatic N) is 2. The zero-order chi connectivity index (χ0) is 20.6. The average Bonchev–Trinajstić information content (AvgIpc) is 3.06. The van der Waals surface area contributed by atoms with Gasteiger partial charge in [0.05, 0.1) is 12.1 Å². The summed E-state index contributed by atoms with van der Waals surface area (Å²) in [7, 11) is 0. The third-order valence-corrected chi connectivity index (χ3v) is 5.51. The molecule has 0 spiro atoms. The van der Waals surface area contributed by atoms with E-state index in [1.807, 2.05) is 91.0 Å². The number of para-hydroxylation sites is 1. The molecule has 5 nitrogen and oxygen atoms in total. The van der Waals surface area contributed by atoms with Crippen LogP contribution in [0.15, 0.2) is 97.2 Å². The van der Waals surface area contributed by atoms with Crippen LogP contribution in [0.25, 0.3) is 10.9 Å². The lowest BCUT2D eigenvalue weighted by molar-refractivity contribution is -0.130. The zero-order valence-corrected chi connectivity index (χ0v) is 16.2. The molecule has 1 aromatic heterocycles. The molecule has 1 saturated heterocycles. The molecule has 1 aliphatic rings. The van der Waals surface area contributed by atoms with E-state index in [9.17, 15) is 9.59 Å². The number of amides is 3. The lowest BCUT2D eigenvalue weighted by Gasteiger charge is -2.28. The monoisotopic (exact) mass is 393 g/mol. The zero-order valence-electron chi connectivity index (χ0n) is 16.2. The molecule has 1 fully saturated rings. The number of benzene rings is 3. The van der Waals surface area contributed by atoms with Gasteiger partial charge in [0.15, 0.2) is 5.54 Å². The van der Waals surface area contributed by atoms with Crippen LogP contribution in [0.3, 0.4) is 0 Å². The van der Waals surface area contributed by atoms with Crippen molar-refractivity contribution in [1.82, 2.24) is 15.2 Å². The Kier molecular flexibility index (Phi) is 4.29. The van der Waals surface area contributed by atoms with E-state index in [4.69, 9.17) is 0 Å². The summed E-state index contributed by atoms with van der Waals surface area (Å²) in [6.45, 7) is 0.157. The Morgan fingerprint density at radius 2 is 1.40 bits per heavy atom. The first kappa shape index (κ1) is 18.1. The van der Waals surface area contributed by atoms with Gasteiger partial charge in [-0.05, 0) is 28.8 Å². The van der Waals surface area contributed by atoms with Gasteiger partial charge >= 0.3 is 6.03 Å². The van der Waals surface area contributed by atoms with Crippen molar-refractivity contribution in [2.75, 3.05) is 0 Å². The fourth-order valence-electron chi connectivity index (χ4n) is 4.04. The number of aromatic nitrogens is 1. The van der Waals surface area contributed by atoms with Crippen LogP contribution in [-0.2, 0) is 16.9 Å². The Hall–Kier alpha value is -3.99. The van der Waals surface area contributed by atoms with Crippen molar-refractivity contribution in [2.24, 2.45) is 0 Å². The van der Waals surface area contributed by atoms with Crippen LogP contribution in [0.4, 0.5) is 4.79 Å². The summed E-state index contributed by atoms with van der Waals surface area (Å²) < 4.78 is 0. The van der Waals surface area contributed by atoms with Crippen LogP contribution in [-0.4, -0.2) is 21.8 Å². The fourth-order valence-corrected chi connectivity index (χ4v) is 4.04. The highest BCUT2D eigenvalue weighted by atomic mass is 16.2. The van der Waals surface area contributed by atoms with E-state index in [1.54, 1.807) is 6.20 Å². The van der Waals surface area contributed by atoms with Crippen molar-refractivity contribution in [2.45, 2.75) is 12.1 Å². The Morgan fingerprint density at radius 3 is 2.07 bits per heavy atom. The molecule has 0 unspecified atom stereocenters. The van der Waals surface area contributed by atoms with Gasteiger partial charge in [-0.1, -0.05) is 78.9 Å². The number of hydrogen-bond donors (Lipinski definition) is 1. The van der Waals surface area contributed by atoms with Gasteiger partial charge in [-0.25, -0.2) is 4.79 Å². The largest absolute Gasteiger partial charge is 0.325 e. The molecule has 0 radical (unpaired) electrons. The van der Waals surface area contributed by atoms with Crippen molar-refractivity contribution in [3.05, 3.63) is 114 Å². The number of nitrogens with one attached hydrogen (secondary N) is 1. The fraction of sp³-hybridized carbons (Fsp3) is 0.0800. The SMILES string of the molecule is O=C1NC(c2ccccc2)(c2ccccc2)C(=O)N1Cc1cnc2ccccc2c1. The maximum Gasteiger partial charge on any atom is 0.325 e. The lowest BCUT2D eigenvalue weighted by atomic mass is 9.82. The van der Waals surface area contributed by atoms with Crippen LogP contribution in [0.1, 0.15) is 16.7 Å². The maximum absolute atomic E-state index is 13.7. The Balaban J connectivity index is 1.56. The van der Waals surface area contributed by atoms with E-state index in [1.165, 1.54) is 4.90 Å². The topological polar surface area (TPSA) is 62.3 Å². The normalized spacial score (nSPS) is 15.4. The molecule has 3 amide bonds. The second-order valence-electron chi connectivity index (χ2n) is 7.34. The van der Waals surface area contributed by atoms with Crippen molar-refractivity contribution >= 4 is 22.8 Å². The first-order valence-corrected chi connectivity index (χ1v) is 9.77. The number of carbonyl (C=O) groups is 2. The standard InChI is InChI=1S/C25H19N3O2/c29-23-25(20-10-3-1-4-11-20,21-12-5-2-6-13-21)27-24(30)28(23)17-18-15-19-9-7-8-14-22(19)26-16-18/h1-16H,17H2,(H,27,30). The summed E-state index contributed by atoms with van der Waals surface area (Å²) in [5.74, 6) is -0.293. The quantitative estimate of drug-likeness (QED) is 0.528. The minimum Gasteiger partial charge on any atom is -0.315 e. The van der Waals surface area contributed by atoms with E-state index in [-0.39, 0.29) is 12.5 Å². The predicted octanol–water partition coefficient (Wildman–Crippen LogP) is 4.23. The van der Waals surface area contributed by atoms with E-state index >= 15 is 0 Å². The summed E-state index contributed by atoms with van der Waals surface area (Å²) in [4.78, 5) is 32.4. The summed E-state index contributed by atoms with van der Waals surface area (Å²) >= 11 is 0. The van der Waals surface area contributed by atoms with Crippen molar-refractivity contribution in [3.8, 4) is 0 Å². The van der Waals surface area contributed by atoms with Gasteiger partial charge < -0.3 is 5.32 Å². The summed E-state index contributed by atoms with van der Waals surface area (Å²) in [6.07, 6.45) is 1.72. The van der Waals surface area contributed by atoms with Gasteiger partial charge in [0.25, 0.3) is 5.91 Å².